The quantitative estimate of drug-likeness (QED) is 0.741. The smallest absolute Gasteiger partial charge is 0.224 e. The second-order valence-electron chi connectivity index (χ2n) is 10.4. The number of nitrogens with zero attached hydrogens (tertiary/aromatic N) is 1. The van der Waals surface area contributed by atoms with Gasteiger partial charge in [-0.1, -0.05) is 81.4 Å². The zero-order valence-electron chi connectivity index (χ0n) is 18.7. The van der Waals surface area contributed by atoms with Gasteiger partial charge in [-0.15, -0.1) is 0 Å². The Morgan fingerprint density at radius 3 is 2.23 bits per heavy atom. The lowest BCUT2D eigenvalue weighted by Crippen LogP contribution is -2.46. The molecule has 1 saturated carbocycles. The lowest BCUT2D eigenvalue weighted by atomic mass is 9.76. The highest BCUT2D eigenvalue weighted by molar-refractivity contribution is 5.80. The molecular formula is C27H36N2O. The van der Waals surface area contributed by atoms with Crippen LogP contribution in [0.15, 0.2) is 60.7 Å². The molecule has 0 bridgehead atoms. The zero-order chi connectivity index (χ0) is 21.1. The first-order chi connectivity index (χ1) is 14.4. The number of benzene rings is 2. The number of fused-ring (bicyclic) bond motifs is 1. The maximum Gasteiger partial charge on any atom is 0.224 e. The first kappa shape index (κ1) is 21.1. The summed E-state index contributed by atoms with van der Waals surface area (Å²) < 4.78 is 0. The number of likely N-dealkylation sites (tertiary alicyclic amines) is 1. The number of hydrogen-bond acceptors (Lipinski definition) is 2. The first-order valence-electron chi connectivity index (χ1n) is 11.5. The van der Waals surface area contributed by atoms with Gasteiger partial charge in [-0.2, -0.15) is 0 Å². The molecule has 30 heavy (non-hydrogen) atoms. The van der Waals surface area contributed by atoms with Crippen LogP contribution in [0, 0.1) is 23.2 Å². The molecule has 1 heterocycles. The molecule has 1 N–H and O–H groups in total. The summed E-state index contributed by atoms with van der Waals surface area (Å²) in [4.78, 5) is 16.0. The van der Waals surface area contributed by atoms with Crippen LogP contribution in [0.4, 0.5) is 0 Å². The Balaban J connectivity index is 1.38. The van der Waals surface area contributed by atoms with Gasteiger partial charge in [0.15, 0.2) is 0 Å². The molecule has 160 valence electrons. The molecule has 1 amide bonds. The fraction of sp³-hybridized carbons (Fsp3) is 0.519. The van der Waals surface area contributed by atoms with E-state index in [4.69, 9.17) is 0 Å². The van der Waals surface area contributed by atoms with Gasteiger partial charge in [0.25, 0.3) is 0 Å². The molecule has 1 saturated heterocycles. The molecule has 2 aromatic rings. The summed E-state index contributed by atoms with van der Waals surface area (Å²) in [7, 11) is 0. The Bertz CT molecular complexity index is 827. The molecule has 0 spiro atoms. The number of nitrogens with one attached hydrogen (secondary N) is 1. The highest BCUT2D eigenvalue weighted by Gasteiger charge is 2.44. The van der Waals surface area contributed by atoms with Crippen molar-refractivity contribution in [3.8, 4) is 0 Å². The Labute approximate surface area is 181 Å². The molecule has 0 aromatic heterocycles. The highest BCUT2D eigenvalue weighted by Crippen LogP contribution is 2.39. The van der Waals surface area contributed by atoms with E-state index in [0.29, 0.717) is 12.0 Å². The standard InChI is InChI=1S/C27H36N2O/c1-27(2,3)24(16-20-10-6-4-7-11-20)26(30)28-25-15-14-22-18-29(19-23(22)25)17-21-12-8-5-9-13-21/h4-13,22-25H,14-19H2,1-3H3,(H,28,30)/t22-,23+,24?,25+/m0/s1. The highest BCUT2D eigenvalue weighted by atomic mass is 16.2. The minimum atomic E-state index is -0.0625. The van der Waals surface area contributed by atoms with E-state index in [1.165, 1.54) is 24.1 Å². The van der Waals surface area contributed by atoms with Crippen LogP contribution in [0.5, 0.6) is 0 Å². The second kappa shape index (κ2) is 8.93. The van der Waals surface area contributed by atoms with Crippen molar-refractivity contribution in [1.29, 1.82) is 0 Å². The largest absolute Gasteiger partial charge is 0.353 e. The van der Waals surface area contributed by atoms with Crippen LogP contribution in [0.1, 0.15) is 44.7 Å². The molecule has 3 nitrogen and oxygen atoms in total. The molecule has 2 aliphatic rings. The van der Waals surface area contributed by atoms with Crippen LogP contribution in [0.3, 0.4) is 0 Å². The van der Waals surface area contributed by atoms with Crippen LogP contribution < -0.4 is 5.32 Å². The summed E-state index contributed by atoms with van der Waals surface area (Å²) in [5.74, 6) is 1.54. The minimum absolute atomic E-state index is 0.0132. The van der Waals surface area contributed by atoms with Crippen LogP contribution in [-0.4, -0.2) is 29.9 Å². The Hall–Kier alpha value is -2.13. The summed E-state index contributed by atoms with van der Waals surface area (Å²) in [6, 6.07) is 21.5. The molecule has 1 unspecified atom stereocenters. The number of rotatable bonds is 6. The molecule has 4 atom stereocenters. The molecule has 2 fully saturated rings. The summed E-state index contributed by atoms with van der Waals surface area (Å²) in [5, 5.41) is 3.50. The summed E-state index contributed by atoms with van der Waals surface area (Å²) in [6.45, 7) is 9.85. The van der Waals surface area contributed by atoms with E-state index in [1.807, 2.05) is 6.07 Å². The second-order valence-corrected chi connectivity index (χ2v) is 10.4. The Morgan fingerprint density at radius 1 is 0.967 bits per heavy atom. The molecule has 3 heteroatoms. The molecule has 0 radical (unpaired) electrons. The van der Waals surface area contributed by atoms with Crippen LogP contribution >= 0.6 is 0 Å². The van der Waals surface area contributed by atoms with E-state index < -0.39 is 0 Å². The number of hydrogen-bond donors (Lipinski definition) is 1. The minimum Gasteiger partial charge on any atom is -0.353 e. The average molecular weight is 405 g/mol. The lowest BCUT2D eigenvalue weighted by Gasteiger charge is -2.32. The first-order valence-corrected chi connectivity index (χ1v) is 11.5. The third-order valence-corrected chi connectivity index (χ3v) is 7.15. The predicted octanol–water partition coefficient (Wildman–Crippen LogP) is 4.92. The number of carbonyl (C=O) groups excluding carboxylic acids is 1. The van der Waals surface area contributed by atoms with Crippen molar-refractivity contribution in [1.82, 2.24) is 10.2 Å². The molecule has 4 rings (SSSR count). The number of amides is 1. The summed E-state index contributed by atoms with van der Waals surface area (Å²) in [6.07, 6.45) is 3.17. The zero-order valence-corrected chi connectivity index (χ0v) is 18.7. The Kier molecular flexibility index (Phi) is 6.29. The topological polar surface area (TPSA) is 32.3 Å². The molecular weight excluding hydrogens is 368 g/mol. The van der Waals surface area contributed by atoms with Crippen molar-refractivity contribution < 1.29 is 4.79 Å². The van der Waals surface area contributed by atoms with Crippen LogP contribution in [-0.2, 0) is 17.8 Å². The maximum absolute atomic E-state index is 13.4. The van der Waals surface area contributed by atoms with E-state index in [9.17, 15) is 4.79 Å². The molecule has 1 aliphatic heterocycles. The predicted molar refractivity (Wildman–Crippen MR) is 123 cm³/mol. The van der Waals surface area contributed by atoms with Gasteiger partial charge in [0.05, 0.1) is 0 Å². The van der Waals surface area contributed by atoms with E-state index in [-0.39, 0.29) is 17.2 Å². The van der Waals surface area contributed by atoms with E-state index >= 15 is 0 Å². The van der Waals surface area contributed by atoms with Crippen molar-refractivity contribution >= 4 is 5.91 Å². The third-order valence-electron chi connectivity index (χ3n) is 7.15. The number of carbonyl (C=O) groups is 1. The Morgan fingerprint density at radius 2 is 1.60 bits per heavy atom. The van der Waals surface area contributed by atoms with Gasteiger partial charge in [0.2, 0.25) is 5.91 Å². The van der Waals surface area contributed by atoms with Gasteiger partial charge >= 0.3 is 0 Å². The van der Waals surface area contributed by atoms with Crippen molar-refractivity contribution in [2.75, 3.05) is 13.1 Å². The third kappa shape index (κ3) is 4.95. The normalized spacial score (nSPS) is 25.1. The van der Waals surface area contributed by atoms with Gasteiger partial charge in [-0.25, -0.2) is 0 Å². The molecule has 2 aromatic carbocycles. The lowest BCUT2D eigenvalue weighted by molar-refractivity contribution is -0.129. The fourth-order valence-corrected chi connectivity index (χ4v) is 5.43. The van der Waals surface area contributed by atoms with Crippen LogP contribution in [0.2, 0.25) is 0 Å². The van der Waals surface area contributed by atoms with Crippen molar-refractivity contribution in [2.45, 2.75) is 52.6 Å². The van der Waals surface area contributed by atoms with Gasteiger partial charge < -0.3 is 5.32 Å². The molecule has 1 aliphatic carbocycles. The van der Waals surface area contributed by atoms with E-state index in [0.717, 1.165) is 31.8 Å². The fourth-order valence-electron chi connectivity index (χ4n) is 5.43. The van der Waals surface area contributed by atoms with Crippen molar-refractivity contribution in [2.24, 2.45) is 23.2 Å². The van der Waals surface area contributed by atoms with Gasteiger partial charge in [0.1, 0.15) is 0 Å². The van der Waals surface area contributed by atoms with Gasteiger partial charge in [0, 0.05) is 31.6 Å². The average Bonchev–Trinajstić information content (AvgIpc) is 3.28. The van der Waals surface area contributed by atoms with E-state index in [2.05, 4.69) is 85.6 Å². The summed E-state index contributed by atoms with van der Waals surface area (Å²) >= 11 is 0. The van der Waals surface area contributed by atoms with Crippen molar-refractivity contribution in [3.63, 3.8) is 0 Å². The maximum atomic E-state index is 13.4. The van der Waals surface area contributed by atoms with E-state index in [1.54, 1.807) is 0 Å². The van der Waals surface area contributed by atoms with Gasteiger partial charge in [-0.3, -0.25) is 9.69 Å². The monoisotopic (exact) mass is 404 g/mol. The van der Waals surface area contributed by atoms with Crippen LogP contribution in [0.25, 0.3) is 0 Å². The van der Waals surface area contributed by atoms with Crippen molar-refractivity contribution in [3.05, 3.63) is 71.8 Å². The van der Waals surface area contributed by atoms with Gasteiger partial charge in [-0.05, 0) is 47.6 Å². The SMILES string of the molecule is CC(C)(C)C(Cc1ccccc1)C(=O)N[C@@H]1CC[C@H]2CN(Cc3ccccc3)C[C@H]21. The summed E-state index contributed by atoms with van der Waals surface area (Å²) in [5.41, 5.74) is 2.56.